The number of rotatable bonds is 5. The smallest absolute Gasteiger partial charge is 0.142 e. The Morgan fingerprint density at radius 1 is 1.36 bits per heavy atom. The average molecular weight is 195 g/mol. The van der Waals surface area contributed by atoms with E-state index in [-0.39, 0.29) is 6.61 Å². The molecular weight excluding hydrogens is 178 g/mol. The first-order chi connectivity index (χ1) is 6.83. The maximum absolute atomic E-state index is 8.91. The molecule has 0 aliphatic rings. The third kappa shape index (κ3) is 2.39. The molecular formula is C11H17NO2. The van der Waals surface area contributed by atoms with Gasteiger partial charge >= 0.3 is 0 Å². The molecule has 0 bridgehead atoms. The Hall–Kier alpha value is -1.22. The molecule has 1 N–H and O–H groups in total. The van der Waals surface area contributed by atoms with Gasteiger partial charge in [-0.25, -0.2) is 0 Å². The van der Waals surface area contributed by atoms with E-state index in [2.05, 4.69) is 11.8 Å². The Labute approximate surface area is 84.9 Å². The van der Waals surface area contributed by atoms with Gasteiger partial charge in [-0.15, -0.1) is 0 Å². The Kier molecular flexibility index (Phi) is 4.26. The van der Waals surface area contributed by atoms with Crippen LogP contribution in [0.2, 0.25) is 0 Å². The summed E-state index contributed by atoms with van der Waals surface area (Å²) in [6, 6.07) is 7.83. The molecule has 0 unspecified atom stereocenters. The van der Waals surface area contributed by atoms with Crippen LogP contribution in [0.3, 0.4) is 0 Å². The number of aliphatic hydroxyl groups excluding tert-OH is 1. The molecule has 1 aromatic carbocycles. The van der Waals surface area contributed by atoms with Gasteiger partial charge in [-0.3, -0.25) is 0 Å². The normalized spacial score (nSPS) is 9.93. The van der Waals surface area contributed by atoms with Crippen molar-refractivity contribution >= 4 is 5.69 Å². The lowest BCUT2D eigenvalue weighted by molar-refractivity contribution is 0.302. The Bertz CT molecular complexity index is 276. The number of anilines is 1. The monoisotopic (exact) mass is 195 g/mol. The first kappa shape index (κ1) is 10.9. The van der Waals surface area contributed by atoms with Gasteiger partial charge in [-0.2, -0.15) is 0 Å². The van der Waals surface area contributed by atoms with Crippen molar-refractivity contribution < 1.29 is 9.84 Å². The fourth-order valence-electron chi connectivity index (χ4n) is 1.46. The highest BCUT2D eigenvalue weighted by Gasteiger charge is 2.08. The van der Waals surface area contributed by atoms with Gasteiger partial charge in [0.15, 0.2) is 0 Å². The zero-order valence-electron chi connectivity index (χ0n) is 8.73. The van der Waals surface area contributed by atoms with Crippen molar-refractivity contribution in [3.8, 4) is 5.75 Å². The number of ether oxygens (including phenoxy) is 1. The van der Waals surface area contributed by atoms with Crippen LogP contribution in [0.15, 0.2) is 24.3 Å². The van der Waals surface area contributed by atoms with Gasteiger partial charge in [0, 0.05) is 13.1 Å². The zero-order chi connectivity index (χ0) is 10.4. The largest absolute Gasteiger partial charge is 0.495 e. The summed E-state index contributed by atoms with van der Waals surface area (Å²) < 4.78 is 5.25. The second-order valence-electron chi connectivity index (χ2n) is 2.98. The molecule has 0 aromatic heterocycles. The van der Waals surface area contributed by atoms with Gasteiger partial charge in [-0.05, 0) is 19.1 Å². The summed E-state index contributed by atoms with van der Waals surface area (Å²) in [6.45, 7) is 3.71. The number of para-hydroxylation sites is 2. The predicted octanol–water partition coefficient (Wildman–Crippen LogP) is 1.51. The molecule has 3 heteroatoms. The maximum Gasteiger partial charge on any atom is 0.142 e. The number of likely N-dealkylation sites (N-methyl/N-ethyl adjacent to an activating group) is 1. The van der Waals surface area contributed by atoms with Crippen LogP contribution < -0.4 is 9.64 Å². The van der Waals surface area contributed by atoms with Crippen LogP contribution in [-0.2, 0) is 0 Å². The standard InChI is InChI=1S/C11H17NO2/c1-3-12(8-9-13)10-6-4-5-7-11(10)14-2/h4-7,13H,3,8-9H2,1-2H3. The number of benzene rings is 1. The summed E-state index contributed by atoms with van der Waals surface area (Å²) in [6.07, 6.45) is 0. The summed E-state index contributed by atoms with van der Waals surface area (Å²) in [5.41, 5.74) is 1.03. The van der Waals surface area contributed by atoms with E-state index in [4.69, 9.17) is 9.84 Å². The van der Waals surface area contributed by atoms with Crippen molar-refractivity contribution in [1.29, 1.82) is 0 Å². The van der Waals surface area contributed by atoms with Crippen LogP contribution in [-0.4, -0.2) is 31.9 Å². The molecule has 14 heavy (non-hydrogen) atoms. The third-order valence-electron chi connectivity index (χ3n) is 2.18. The van der Waals surface area contributed by atoms with Crippen molar-refractivity contribution in [3.05, 3.63) is 24.3 Å². The van der Waals surface area contributed by atoms with Gasteiger partial charge in [0.05, 0.1) is 19.4 Å². The molecule has 0 fully saturated rings. The fourth-order valence-corrected chi connectivity index (χ4v) is 1.46. The first-order valence-electron chi connectivity index (χ1n) is 4.82. The highest BCUT2D eigenvalue weighted by molar-refractivity contribution is 5.58. The van der Waals surface area contributed by atoms with Crippen LogP contribution >= 0.6 is 0 Å². The molecule has 0 heterocycles. The summed E-state index contributed by atoms with van der Waals surface area (Å²) >= 11 is 0. The van der Waals surface area contributed by atoms with Gasteiger partial charge in [0.1, 0.15) is 5.75 Å². The summed E-state index contributed by atoms with van der Waals surface area (Å²) in [4.78, 5) is 2.08. The van der Waals surface area contributed by atoms with Gasteiger partial charge < -0.3 is 14.7 Å². The first-order valence-corrected chi connectivity index (χ1v) is 4.82. The molecule has 0 atom stereocenters. The van der Waals surface area contributed by atoms with Crippen molar-refractivity contribution in [3.63, 3.8) is 0 Å². The molecule has 0 aliphatic carbocycles. The van der Waals surface area contributed by atoms with Crippen LogP contribution in [0.5, 0.6) is 5.75 Å². The molecule has 0 saturated carbocycles. The molecule has 0 amide bonds. The minimum atomic E-state index is 0.159. The lowest BCUT2D eigenvalue weighted by Crippen LogP contribution is -2.26. The average Bonchev–Trinajstić information content (AvgIpc) is 2.26. The van der Waals surface area contributed by atoms with E-state index < -0.39 is 0 Å². The van der Waals surface area contributed by atoms with Gasteiger partial charge in [-0.1, -0.05) is 12.1 Å². The van der Waals surface area contributed by atoms with Crippen molar-refractivity contribution in [2.24, 2.45) is 0 Å². The van der Waals surface area contributed by atoms with E-state index in [1.807, 2.05) is 24.3 Å². The Morgan fingerprint density at radius 3 is 2.64 bits per heavy atom. The Morgan fingerprint density at radius 2 is 2.07 bits per heavy atom. The van der Waals surface area contributed by atoms with Crippen molar-refractivity contribution in [1.82, 2.24) is 0 Å². The molecule has 0 radical (unpaired) electrons. The third-order valence-corrected chi connectivity index (χ3v) is 2.18. The zero-order valence-corrected chi connectivity index (χ0v) is 8.73. The number of methoxy groups -OCH3 is 1. The van der Waals surface area contributed by atoms with E-state index in [1.54, 1.807) is 7.11 Å². The van der Waals surface area contributed by atoms with Crippen LogP contribution in [0.1, 0.15) is 6.92 Å². The van der Waals surface area contributed by atoms with E-state index in [9.17, 15) is 0 Å². The summed E-state index contributed by atoms with van der Waals surface area (Å²) in [5.74, 6) is 0.850. The van der Waals surface area contributed by atoms with E-state index in [0.29, 0.717) is 6.54 Å². The van der Waals surface area contributed by atoms with E-state index in [1.165, 1.54) is 0 Å². The molecule has 0 aliphatic heterocycles. The SMILES string of the molecule is CCN(CCO)c1ccccc1OC. The topological polar surface area (TPSA) is 32.7 Å². The lowest BCUT2D eigenvalue weighted by Gasteiger charge is -2.23. The molecule has 0 spiro atoms. The van der Waals surface area contributed by atoms with Crippen molar-refractivity contribution in [2.75, 3.05) is 31.7 Å². The predicted molar refractivity (Wildman–Crippen MR) is 58.0 cm³/mol. The van der Waals surface area contributed by atoms with Gasteiger partial charge in [0.25, 0.3) is 0 Å². The number of hydrogen-bond acceptors (Lipinski definition) is 3. The number of nitrogens with zero attached hydrogens (tertiary/aromatic N) is 1. The van der Waals surface area contributed by atoms with E-state index in [0.717, 1.165) is 18.0 Å². The van der Waals surface area contributed by atoms with Crippen LogP contribution in [0.4, 0.5) is 5.69 Å². The second-order valence-corrected chi connectivity index (χ2v) is 2.98. The van der Waals surface area contributed by atoms with E-state index >= 15 is 0 Å². The quantitative estimate of drug-likeness (QED) is 0.773. The maximum atomic E-state index is 8.91. The molecule has 0 saturated heterocycles. The number of aliphatic hydroxyl groups is 1. The minimum absolute atomic E-state index is 0.159. The minimum Gasteiger partial charge on any atom is -0.495 e. The van der Waals surface area contributed by atoms with Crippen LogP contribution in [0, 0.1) is 0 Å². The van der Waals surface area contributed by atoms with Crippen molar-refractivity contribution in [2.45, 2.75) is 6.92 Å². The highest BCUT2D eigenvalue weighted by atomic mass is 16.5. The fraction of sp³-hybridized carbons (Fsp3) is 0.455. The highest BCUT2D eigenvalue weighted by Crippen LogP contribution is 2.26. The lowest BCUT2D eigenvalue weighted by atomic mass is 10.2. The molecule has 78 valence electrons. The molecule has 1 aromatic rings. The second kappa shape index (κ2) is 5.50. The molecule has 3 nitrogen and oxygen atoms in total. The molecule has 1 rings (SSSR count). The van der Waals surface area contributed by atoms with Gasteiger partial charge in [0.2, 0.25) is 0 Å². The summed E-state index contributed by atoms with van der Waals surface area (Å²) in [7, 11) is 1.66. The Balaban J connectivity index is 2.90. The number of hydrogen-bond donors (Lipinski definition) is 1. The summed E-state index contributed by atoms with van der Waals surface area (Å²) in [5, 5.41) is 8.91. The van der Waals surface area contributed by atoms with Crippen LogP contribution in [0.25, 0.3) is 0 Å².